The Labute approximate surface area is 146 Å². The molecule has 0 saturated carbocycles. The van der Waals surface area contributed by atoms with E-state index in [0.717, 1.165) is 11.3 Å². The van der Waals surface area contributed by atoms with Gasteiger partial charge in [0.25, 0.3) is 10.2 Å². The molecule has 1 aromatic carbocycles. The van der Waals surface area contributed by atoms with Crippen LogP contribution in [0, 0.1) is 0 Å². The predicted octanol–water partition coefficient (Wildman–Crippen LogP) is 1.93. The average molecular weight is 356 g/mol. The molecule has 2 rings (SSSR count). The van der Waals surface area contributed by atoms with Gasteiger partial charge in [-0.15, -0.1) is 0 Å². The minimum atomic E-state index is -3.49. The zero-order valence-corrected chi connectivity index (χ0v) is 16.1. The molecule has 0 radical (unpaired) electrons. The first-order valence-electron chi connectivity index (χ1n) is 8.41. The van der Waals surface area contributed by atoms with Crippen molar-refractivity contribution in [2.45, 2.75) is 39.5 Å². The van der Waals surface area contributed by atoms with Gasteiger partial charge in [-0.1, -0.05) is 19.1 Å². The van der Waals surface area contributed by atoms with Crippen LogP contribution in [0.2, 0.25) is 0 Å². The second-order valence-corrected chi connectivity index (χ2v) is 8.50. The molecule has 1 aliphatic rings. The maximum atomic E-state index is 13.0. The van der Waals surface area contributed by atoms with Gasteiger partial charge in [0.05, 0.1) is 12.2 Å². The summed E-state index contributed by atoms with van der Waals surface area (Å²) >= 11 is 0. The first kappa shape index (κ1) is 19.2. The van der Waals surface area contributed by atoms with E-state index in [4.69, 9.17) is 4.74 Å². The molecule has 0 aliphatic carbocycles. The molecule has 136 valence electrons. The van der Waals surface area contributed by atoms with E-state index in [-0.39, 0.29) is 12.2 Å². The van der Waals surface area contributed by atoms with Crippen LogP contribution in [0.4, 0.5) is 5.69 Å². The van der Waals surface area contributed by atoms with E-state index in [2.05, 4.69) is 0 Å². The molecule has 1 saturated heterocycles. The van der Waals surface area contributed by atoms with Gasteiger partial charge in [-0.2, -0.15) is 17.0 Å². The van der Waals surface area contributed by atoms with Crippen molar-refractivity contribution in [1.82, 2.24) is 8.61 Å². The summed E-state index contributed by atoms with van der Waals surface area (Å²) in [7, 11) is 0.481. The number of morpholine rings is 1. The standard InChI is InChI=1S/C17H29N3O3S/c1-6-19(13-16-7-9-17(10-8-16)18(4)5)24(21,22)20-11-14(2)23-15(3)12-20/h7-10,14-15H,6,11-13H2,1-5H3/t14-,15-/m0/s1. The Hall–Kier alpha value is -1.15. The normalized spacial score (nSPS) is 22.8. The molecule has 0 bridgehead atoms. The Morgan fingerprint density at radius 1 is 1.12 bits per heavy atom. The summed E-state index contributed by atoms with van der Waals surface area (Å²) in [5.41, 5.74) is 2.08. The van der Waals surface area contributed by atoms with Crippen LogP contribution < -0.4 is 4.90 Å². The Morgan fingerprint density at radius 3 is 2.12 bits per heavy atom. The number of benzene rings is 1. The second kappa shape index (κ2) is 7.82. The highest BCUT2D eigenvalue weighted by atomic mass is 32.2. The molecule has 0 unspecified atom stereocenters. The molecule has 0 N–H and O–H groups in total. The molecular weight excluding hydrogens is 326 g/mol. The van der Waals surface area contributed by atoms with Gasteiger partial charge in [-0.25, -0.2) is 0 Å². The van der Waals surface area contributed by atoms with Crippen molar-refractivity contribution < 1.29 is 13.2 Å². The molecular formula is C17H29N3O3S. The second-order valence-electron chi connectivity index (χ2n) is 6.57. The maximum Gasteiger partial charge on any atom is 0.282 e. The number of rotatable bonds is 6. The highest BCUT2D eigenvalue weighted by Gasteiger charge is 2.34. The third kappa shape index (κ3) is 4.47. The van der Waals surface area contributed by atoms with E-state index in [1.54, 1.807) is 4.31 Å². The van der Waals surface area contributed by atoms with E-state index in [1.807, 2.05) is 64.0 Å². The van der Waals surface area contributed by atoms with Gasteiger partial charge < -0.3 is 9.64 Å². The first-order valence-corrected chi connectivity index (χ1v) is 9.80. The summed E-state index contributed by atoms with van der Waals surface area (Å²) in [4.78, 5) is 2.02. The van der Waals surface area contributed by atoms with E-state index >= 15 is 0 Å². The lowest BCUT2D eigenvalue weighted by Gasteiger charge is -2.37. The van der Waals surface area contributed by atoms with Crippen molar-refractivity contribution in [1.29, 1.82) is 0 Å². The van der Waals surface area contributed by atoms with Crippen LogP contribution in [0.3, 0.4) is 0 Å². The number of hydrogen-bond acceptors (Lipinski definition) is 4. The monoisotopic (exact) mass is 355 g/mol. The van der Waals surface area contributed by atoms with Crippen molar-refractivity contribution in [3.05, 3.63) is 29.8 Å². The lowest BCUT2D eigenvalue weighted by atomic mass is 10.2. The highest BCUT2D eigenvalue weighted by Crippen LogP contribution is 2.20. The smallest absolute Gasteiger partial charge is 0.282 e. The molecule has 0 amide bonds. The van der Waals surface area contributed by atoms with Crippen molar-refractivity contribution >= 4 is 15.9 Å². The van der Waals surface area contributed by atoms with Gasteiger partial charge in [0.15, 0.2) is 0 Å². The summed E-state index contributed by atoms with van der Waals surface area (Å²) in [6.07, 6.45) is -0.164. The lowest BCUT2D eigenvalue weighted by molar-refractivity contribution is -0.0455. The zero-order valence-electron chi connectivity index (χ0n) is 15.3. The molecule has 7 heteroatoms. The minimum Gasteiger partial charge on any atom is -0.378 e. The van der Waals surface area contributed by atoms with Crippen LogP contribution in [0.15, 0.2) is 24.3 Å². The Bertz CT molecular complexity index is 621. The van der Waals surface area contributed by atoms with Crippen LogP contribution in [-0.4, -0.2) is 63.0 Å². The van der Waals surface area contributed by atoms with E-state index in [0.29, 0.717) is 26.2 Å². The fourth-order valence-electron chi connectivity index (χ4n) is 2.94. The third-order valence-electron chi connectivity index (χ3n) is 4.20. The van der Waals surface area contributed by atoms with Crippen LogP contribution in [0.5, 0.6) is 0 Å². The molecule has 24 heavy (non-hydrogen) atoms. The van der Waals surface area contributed by atoms with Crippen molar-refractivity contribution in [2.75, 3.05) is 38.6 Å². The zero-order chi connectivity index (χ0) is 17.9. The van der Waals surface area contributed by atoms with Gasteiger partial charge in [0, 0.05) is 46.0 Å². The maximum absolute atomic E-state index is 13.0. The molecule has 6 nitrogen and oxygen atoms in total. The first-order chi connectivity index (χ1) is 11.2. The van der Waals surface area contributed by atoms with Crippen LogP contribution >= 0.6 is 0 Å². The van der Waals surface area contributed by atoms with E-state index in [1.165, 1.54) is 4.31 Å². The predicted molar refractivity (Wildman–Crippen MR) is 97.4 cm³/mol. The summed E-state index contributed by atoms with van der Waals surface area (Å²) in [6, 6.07) is 7.99. The van der Waals surface area contributed by atoms with Crippen LogP contribution in [0.25, 0.3) is 0 Å². The minimum absolute atomic E-state index is 0.0818. The Balaban J connectivity index is 2.14. The Morgan fingerprint density at radius 2 is 1.67 bits per heavy atom. The van der Waals surface area contributed by atoms with E-state index in [9.17, 15) is 8.42 Å². The SMILES string of the molecule is CCN(Cc1ccc(N(C)C)cc1)S(=O)(=O)N1C[C@H](C)O[C@@H](C)C1. The molecule has 1 heterocycles. The van der Waals surface area contributed by atoms with Gasteiger partial charge in [-0.3, -0.25) is 0 Å². The van der Waals surface area contributed by atoms with Gasteiger partial charge in [-0.05, 0) is 31.5 Å². The number of ether oxygens (including phenoxy) is 1. The van der Waals surface area contributed by atoms with Crippen molar-refractivity contribution in [3.8, 4) is 0 Å². The summed E-state index contributed by atoms with van der Waals surface area (Å²) in [5, 5.41) is 0. The van der Waals surface area contributed by atoms with Gasteiger partial charge >= 0.3 is 0 Å². The van der Waals surface area contributed by atoms with Crippen molar-refractivity contribution in [3.63, 3.8) is 0 Å². The number of nitrogens with zero attached hydrogens (tertiary/aromatic N) is 3. The van der Waals surface area contributed by atoms with Crippen LogP contribution in [-0.2, 0) is 21.5 Å². The molecule has 0 aromatic heterocycles. The largest absolute Gasteiger partial charge is 0.378 e. The quantitative estimate of drug-likeness (QED) is 0.782. The fourth-order valence-corrected chi connectivity index (χ4v) is 4.70. The summed E-state index contributed by atoms with van der Waals surface area (Å²) in [6.45, 7) is 7.33. The fraction of sp³-hybridized carbons (Fsp3) is 0.647. The Kier molecular flexibility index (Phi) is 6.25. The molecule has 1 aromatic rings. The molecule has 1 fully saturated rings. The number of hydrogen-bond donors (Lipinski definition) is 0. The van der Waals surface area contributed by atoms with E-state index < -0.39 is 10.2 Å². The summed E-state index contributed by atoms with van der Waals surface area (Å²) < 4.78 is 34.7. The molecule has 0 spiro atoms. The molecule has 2 atom stereocenters. The lowest BCUT2D eigenvalue weighted by Crippen LogP contribution is -2.52. The highest BCUT2D eigenvalue weighted by molar-refractivity contribution is 7.86. The van der Waals surface area contributed by atoms with Gasteiger partial charge in [0.2, 0.25) is 0 Å². The van der Waals surface area contributed by atoms with Crippen LogP contribution in [0.1, 0.15) is 26.3 Å². The molecule has 1 aliphatic heterocycles. The topological polar surface area (TPSA) is 53.1 Å². The van der Waals surface area contributed by atoms with Crippen molar-refractivity contribution in [2.24, 2.45) is 0 Å². The third-order valence-corrected chi connectivity index (χ3v) is 6.19. The summed E-state index contributed by atoms with van der Waals surface area (Å²) in [5.74, 6) is 0. The number of anilines is 1. The average Bonchev–Trinajstić information content (AvgIpc) is 2.51. The van der Waals surface area contributed by atoms with Gasteiger partial charge in [0.1, 0.15) is 0 Å².